The fraction of sp³-hybridized carbons (Fsp3) is 0.267. The van der Waals surface area contributed by atoms with Gasteiger partial charge in [0.2, 0.25) is 0 Å². The largest absolute Gasteiger partial charge is 0.343 e. The summed E-state index contributed by atoms with van der Waals surface area (Å²) < 4.78 is 2.08. The second-order valence-corrected chi connectivity index (χ2v) is 4.10. The summed E-state index contributed by atoms with van der Waals surface area (Å²) in [4.78, 5) is 10.9. The Morgan fingerprint density at radius 3 is 2.47 bits per heavy atom. The van der Waals surface area contributed by atoms with Crippen molar-refractivity contribution in [3.05, 3.63) is 59.4 Å². The molecule has 2 nitrogen and oxygen atoms in total. The molecular weight excluding hydrogens is 210 g/mol. The van der Waals surface area contributed by atoms with Crippen LogP contribution in [0.1, 0.15) is 28.7 Å². The molecule has 0 N–H and O–H groups in total. The van der Waals surface area contributed by atoms with Gasteiger partial charge < -0.3 is 4.57 Å². The van der Waals surface area contributed by atoms with E-state index in [1.54, 1.807) is 0 Å². The van der Waals surface area contributed by atoms with Crippen molar-refractivity contribution < 1.29 is 4.79 Å². The highest BCUT2D eigenvalue weighted by atomic mass is 16.1. The summed E-state index contributed by atoms with van der Waals surface area (Å²) in [5.41, 5.74) is 3.35. The molecule has 0 unspecified atom stereocenters. The third-order valence-corrected chi connectivity index (χ3v) is 3.05. The molecule has 1 aromatic carbocycles. The summed E-state index contributed by atoms with van der Waals surface area (Å²) >= 11 is 0. The molecular formula is C15H17NO. The fourth-order valence-electron chi connectivity index (χ4n) is 2.15. The fourth-order valence-corrected chi connectivity index (χ4v) is 2.15. The summed E-state index contributed by atoms with van der Waals surface area (Å²) in [5.74, 6) is 0. The summed E-state index contributed by atoms with van der Waals surface area (Å²) in [6.45, 7) is 2.92. The number of carbonyl (C=O) groups excluding carboxylic acids is 1. The second-order valence-electron chi connectivity index (χ2n) is 4.10. The summed E-state index contributed by atoms with van der Waals surface area (Å²) in [6, 6.07) is 14.4. The van der Waals surface area contributed by atoms with Gasteiger partial charge in [0, 0.05) is 12.2 Å². The molecule has 17 heavy (non-hydrogen) atoms. The molecule has 0 saturated heterocycles. The van der Waals surface area contributed by atoms with Gasteiger partial charge in [-0.1, -0.05) is 30.3 Å². The van der Waals surface area contributed by atoms with Crippen molar-refractivity contribution in [2.45, 2.75) is 26.3 Å². The molecule has 1 heterocycles. The zero-order valence-electron chi connectivity index (χ0n) is 10.1. The number of benzene rings is 1. The van der Waals surface area contributed by atoms with Crippen molar-refractivity contribution in [1.82, 2.24) is 4.57 Å². The van der Waals surface area contributed by atoms with E-state index in [4.69, 9.17) is 0 Å². The molecule has 88 valence electrons. The molecule has 2 heteroatoms. The molecule has 0 aliphatic heterocycles. The van der Waals surface area contributed by atoms with Crippen molar-refractivity contribution in [2.24, 2.45) is 0 Å². The predicted octanol–water partition coefficient (Wildman–Crippen LogP) is 3.11. The molecule has 2 rings (SSSR count). The first-order chi connectivity index (χ1) is 8.35. The number of aromatic nitrogens is 1. The molecule has 0 atom stereocenters. The average molecular weight is 227 g/mol. The van der Waals surface area contributed by atoms with Crippen molar-refractivity contribution in [3.63, 3.8) is 0 Å². The van der Waals surface area contributed by atoms with E-state index in [1.807, 2.05) is 12.1 Å². The number of aldehydes is 1. The van der Waals surface area contributed by atoms with E-state index in [0.717, 1.165) is 31.4 Å². The van der Waals surface area contributed by atoms with Crippen LogP contribution in [0.5, 0.6) is 0 Å². The number of rotatable bonds is 5. The van der Waals surface area contributed by atoms with Gasteiger partial charge in [-0.2, -0.15) is 0 Å². The predicted molar refractivity (Wildman–Crippen MR) is 69.3 cm³/mol. The van der Waals surface area contributed by atoms with Gasteiger partial charge in [-0.05, 0) is 37.5 Å². The van der Waals surface area contributed by atoms with Gasteiger partial charge >= 0.3 is 0 Å². The number of carbonyl (C=O) groups is 1. The molecule has 0 fully saturated rings. The van der Waals surface area contributed by atoms with Crippen molar-refractivity contribution in [2.75, 3.05) is 0 Å². The molecule has 0 radical (unpaired) electrons. The smallest absolute Gasteiger partial charge is 0.166 e. The highest BCUT2D eigenvalue weighted by Crippen LogP contribution is 2.11. The topological polar surface area (TPSA) is 22.0 Å². The normalized spacial score (nSPS) is 10.4. The second kappa shape index (κ2) is 5.48. The lowest BCUT2D eigenvalue weighted by Gasteiger charge is -2.08. The maximum atomic E-state index is 10.9. The van der Waals surface area contributed by atoms with Crippen LogP contribution in [0.15, 0.2) is 42.5 Å². The Labute approximate surface area is 102 Å². The molecule has 0 saturated carbocycles. The Kier molecular flexibility index (Phi) is 3.76. The van der Waals surface area contributed by atoms with E-state index in [9.17, 15) is 4.79 Å². The lowest BCUT2D eigenvalue weighted by Crippen LogP contribution is -2.05. The van der Waals surface area contributed by atoms with Gasteiger partial charge in [0.05, 0.1) is 5.69 Å². The minimum absolute atomic E-state index is 0.774. The van der Waals surface area contributed by atoms with Crippen molar-refractivity contribution in [1.29, 1.82) is 0 Å². The van der Waals surface area contributed by atoms with Crippen LogP contribution in [-0.2, 0) is 19.4 Å². The van der Waals surface area contributed by atoms with E-state index < -0.39 is 0 Å². The zero-order chi connectivity index (χ0) is 12.1. The summed E-state index contributed by atoms with van der Waals surface area (Å²) in [7, 11) is 0. The number of aryl methyl sites for hydroxylation is 2. The van der Waals surface area contributed by atoms with Crippen LogP contribution in [-0.4, -0.2) is 10.9 Å². The van der Waals surface area contributed by atoms with Crippen LogP contribution in [0.25, 0.3) is 0 Å². The monoisotopic (exact) mass is 227 g/mol. The van der Waals surface area contributed by atoms with E-state index in [1.165, 1.54) is 11.3 Å². The highest BCUT2D eigenvalue weighted by molar-refractivity contribution is 5.72. The van der Waals surface area contributed by atoms with Crippen molar-refractivity contribution in [3.8, 4) is 0 Å². The van der Waals surface area contributed by atoms with Crippen LogP contribution < -0.4 is 0 Å². The molecule has 0 bridgehead atoms. The van der Waals surface area contributed by atoms with E-state index >= 15 is 0 Å². The Morgan fingerprint density at radius 1 is 1.06 bits per heavy atom. The maximum absolute atomic E-state index is 10.9. The zero-order valence-corrected chi connectivity index (χ0v) is 10.1. The van der Waals surface area contributed by atoms with Gasteiger partial charge in [0.25, 0.3) is 0 Å². The Balaban J connectivity index is 2.09. The third-order valence-electron chi connectivity index (χ3n) is 3.05. The van der Waals surface area contributed by atoms with Gasteiger partial charge in [0.1, 0.15) is 0 Å². The lowest BCUT2D eigenvalue weighted by atomic mass is 10.1. The summed E-state index contributed by atoms with van der Waals surface area (Å²) in [6.07, 6.45) is 2.92. The van der Waals surface area contributed by atoms with Crippen LogP contribution in [0.3, 0.4) is 0 Å². The minimum atomic E-state index is 0.774. The van der Waals surface area contributed by atoms with Crippen LogP contribution in [0, 0.1) is 0 Å². The van der Waals surface area contributed by atoms with Crippen LogP contribution in [0.2, 0.25) is 0 Å². The van der Waals surface area contributed by atoms with Crippen LogP contribution in [0.4, 0.5) is 0 Å². The van der Waals surface area contributed by atoms with Gasteiger partial charge in [-0.3, -0.25) is 4.79 Å². The first-order valence-electron chi connectivity index (χ1n) is 6.02. The molecule has 0 aliphatic carbocycles. The molecule has 0 spiro atoms. The maximum Gasteiger partial charge on any atom is 0.166 e. The minimum Gasteiger partial charge on any atom is -0.343 e. The number of nitrogens with zero attached hydrogens (tertiary/aromatic N) is 1. The highest BCUT2D eigenvalue weighted by Gasteiger charge is 2.05. The number of hydrogen-bond acceptors (Lipinski definition) is 1. The molecule has 0 aliphatic rings. The van der Waals surface area contributed by atoms with Gasteiger partial charge in [-0.25, -0.2) is 0 Å². The Hall–Kier alpha value is -1.83. The first-order valence-corrected chi connectivity index (χ1v) is 6.02. The van der Waals surface area contributed by atoms with E-state index in [-0.39, 0.29) is 0 Å². The molecule has 2 aromatic rings. The van der Waals surface area contributed by atoms with Gasteiger partial charge in [0.15, 0.2) is 6.29 Å². The number of hydrogen-bond donors (Lipinski definition) is 0. The average Bonchev–Trinajstić information content (AvgIpc) is 2.79. The Morgan fingerprint density at radius 2 is 1.82 bits per heavy atom. The van der Waals surface area contributed by atoms with Crippen LogP contribution >= 0.6 is 0 Å². The van der Waals surface area contributed by atoms with Crippen molar-refractivity contribution >= 4 is 6.29 Å². The standard InChI is InChI=1S/C15H17NO/c1-2-16-14(10-11-15(16)12-17)9-8-13-6-4-3-5-7-13/h3-7,10-12H,2,8-9H2,1H3. The summed E-state index contributed by atoms with van der Waals surface area (Å²) in [5, 5.41) is 0. The van der Waals surface area contributed by atoms with E-state index in [0.29, 0.717) is 0 Å². The molecule has 1 aromatic heterocycles. The Bertz CT molecular complexity index is 485. The SMILES string of the molecule is CCn1c(C=O)ccc1CCc1ccccc1. The van der Waals surface area contributed by atoms with Gasteiger partial charge in [-0.15, -0.1) is 0 Å². The quantitative estimate of drug-likeness (QED) is 0.719. The lowest BCUT2D eigenvalue weighted by molar-refractivity contribution is 0.111. The molecule has 0 amide bonds. The van der Waals surface area contributed by atoms with E-state index in [2.05, 4.69) is 41.8 Å². The third kappa shape index (κ3) is 2.64. The first kappa shape index (κ1) is 11.6.